The number of phenolic OH excluding ortho intramolecular Hbond substituents is 1. The zero-order chi connectivity index (χ0) is 19.8. The van der Waals surface area contributed by atoms with Gasteiger partial charge in [0.15, 0.2) is 5.76 Å². The van der Waals surface area contributed by atoms with Crippen molar-refractivity contribution in [2.75, 3.05) is 0 Å². The van der Waals surface area contributed by atoms with Crippen LogP contribution in [0.15, 0.2) is 42.5 Å². The van der Waals surface area contributed by atoms with Gasteiger partial charge < -0.3 is 9.29 Å². The first kappa shape index (κ1) is 21.8. The van der Waals surface area contributed by atoms with Gasteiger partial charge in [0.25, 0.3) is 0 Å². The van der Waals surface area contributed by atoms with Crippen LogP contribution < -0.4 is 0 Å². The molecule has 0 fully saturated rings. The van der Waals surface area contributed by atoms with Crippen LogP contribution in [0.1, 0.15) is 42.5 Å². The predicted octanol–water partition coefficient (Wildman–Crippen LogP) is 5.41. The molecule has 0 spiro atoms. The Kier molecular flexibility index (Phi) is 6.13. The fourth-order valence-electron chi connectivity index (χ4n) is 3.16. The van der Waals surface area contributed by atoms with Crippen molar-refractivity contribution in [2.45, 2.75) is 39.1 Å². The summed E-state index contributed by atoms with van der Waals surface area (Å²) >= 11 is 0. The van der Waals surface area contributed by atoms with Gasteiger partial charge in [-0.1, -0.05) is 31.7 Å². The molecule has 152 valence electrons. The highest BCUT2D eigenvalue weighted by Gasteiger charge is 2.49. The molecule has 0 unspecified atom stereocenters. The number of aryl methyl sites for hydroxylation is 2. The molecule has 2 aromatic carbocycles. The van der Waals surface area contributed by atoms with Gasteiger partial charge >= 0.3 is 15.6 Å². The molecule has 0 amide bonds. The Morgan fingerprint density at radius 3 is 2.36 bits per heavy atom. The van der Waals surface area contributed by atoms with Crippen molar-refractivity contribution in [1.82, 2.24) is 0 Å². The van der Waals surface area contributed by atoms with Crippen molar-refractivity contribution in [3.63, 3.8) is 0 Å². The Labute approximate surface area is 162 Å². The molecule has 0 radical (unpaired) electrons. The minimum absolute atomic E-state index is 0. The molecule has 4 nitrogen and oxygen atoms in total. The average molecular weight is 414 g/mol. The summed E-state index contributed by atoms with van der Waals surface area (Å²) in [5.41, 5.74) is -2.96. The summed E-state index contributed by atoms with van der Waals surface area (Å²) in [6.07, 6.45) is 1.38. The Hall–Kier alpha value is -2.48. The van der Waals surface area contributed by atoms with E-state index >= 15 is 0 Å². The maximum Gasteiger partial charge on any atom is 0.534 e. The lowest BCUT2D eigenvalue weighted by Gasteiger charge is -2.18. The summed E-state index contributed by atoms with van der Waals surface area (Å²) in [7, 11) is -5.84. The number of hydrogen-bond acceptors (Lipinski definition) is 4. The zero-order valence-corrected chi connectivity index (χ0v) is 15.2. The molecule has 3 rings (SSSR count). The molecule has 1 aliphatic carbocycles. The molecule has 0 saturated heterocycles. The third-order valence-electron chi connectivity index (χ3n) is 4.43. The van der Waals surface area contributed by atoms with Crippen LogP contribution in [-0.2, 0) is 20.7 Å². The van der Waals surface area contributed by atoms with E-state index in [1.54, 1.807) is 31.2 Å². The summed E-state index contributed by atoms with van der Waals surface area (Å²) in [6.45, 7) is 1.79. The van der Waals surface area contributed by atoms with E-state index in [1.807, 2.05) is 0 Å². The van der Waals surface area contributed by atoms with E-state index in [-0.39, 0.29) is 24.5 Å². The summed E-state index contributed by atoms with van der Waals surface area (Å²) in [4.78, 5) is 0. The van der Waals surface area contributed by atoms with Crippen LogP contribution >= 0.6 is 0 Å². The van der Waals surface area contributed by atoms with Crippen LogP contribution in [0, 0.1) is 6.92 Å². The van der Waals surface area contributed by atoms with Crippen LogP contribution in [0.25, 0.3) is 11.3 Å². The molecule has 0 atom stereocenters. The molecule has 0 heterocycles. The molecular weight excluding hydrogens is 393 g/mol. The third kappa shape index (κ3) is 4.16. The molecule has 0 saturated carbocycles. The Balaban J connectivity index is 0.00000280. The van der Waals surface area contributed by atoms with Crippen molar-refractivity contribution >= 4 is 21.5 Å². The maximum absolute atomic E-state index is 13.0. The quantitative estimate of drug-likeness (QED) is 0.539. The molecule has 0 aliphatic heterocycles. The van der Waals surface area contributed by atoms with Crippen LogP contribution in [0.5, 0.6) is 5.75 Å². The molecule has 28 heavy (non-hydrogen) atoms. The van der Waals surface area contributed by atoms with Gasteiger partial charge in [-0.15, -0.1) is 0 Å². The number of alkyl halides is 3. The topological polar surface area (TPSA) is 63.6 Å². The molecule has 1 aliphatic rings. The normalized spacial score (nSPS) is 14.7. The van der Waals surface area contributed by atoms with Gasteiger partial charge in [-0.25, -0.2) is 0 Å². The van der Waals surface area contributed by atoms with Crippen molar-refractivity contribution in [2.24, 2.45) is 0 Å². The highest BCUT2D eigenvalue weighted by Crippen LogP contribution is 2.41. The number of phenols is 1. The second-order valence-corrected chi connectivity index (χ2v) is 7.84. The van der Waals surface area contributed by atoms with E-state index in [0.29, 0.717) is 36.0 Å². The maximum atomic E-state index is 13.0. The third-order valence-corrected chi connectivity index (χ3v) is 5.38. The number of benzene rings is 2. The number of halogens is 3. The Bertz CT molecular complexity index is 1010. The molecule has 8 heteroatoms. The number of allylic oxidation sites excluding steroid dienone is 1. The second-order valence-electron chi connectivity index (χ2n) is 6.30. The Morgan fingerprint density at radius 1 is 1.04 bits per heavy atom. The summed E-state index contributed by atoms with van der Waals surface area (Å²) in [6, 6.07) is 11.1. The monoisotopic (exact) mass is 414 g/mol. The van der Waals surface area contributed by atoms with Gasteiger partial charge in [-0.05, 0) is 61.1 Å². The zero-order valence-electron chi connectivity index (χ0n) is 14.4. The first-order valence-electron chi connectivity index (χ1n) is 8.22. The van der Waals surface area contributed by atoms with Gasteiger partial charge in [0.2, 0.25) is 0 Å². The largest absolute Gasteiger partial charge is 0.534 e. The van der Waals surface area contributed by atoms with Gasteiger partial charge in [0, 0.05) is 11.1 Å². The molecule has 2 aromatic rings. The fourth-order valence-corrected chi connectivity index (χ4v) is 3.67. The number of rotatable bonds is 3. The standard InChI is InChI=1S/C19H17F3O4S.CH4/c1-12-5-2-3-7-15(12)17-8-4-6-13-11-14(23)9-10-16(13)18(17)26-27(24,25)19(20,21)22;/h2-3,5,7,9-11,23H,4,6,8H2,1H3;1H4. The van der Waals surface area contributed by atoms with E-state index in [2.05, 4.69) is 4.18 Å². The van der Waals surface area contributed by atoms with E-state index in [4.69, 9.17) is 0 Å². The SMILES string of the molecule is C.Cc1ccccc1C1=C(OS(=O)(=O)C(F)(F)F)c2ccc(O)cc2CCC1. The Morgan fingerprint density at radius 2 is 1.71 bits per heavy atom. The lowest BCUT2D eigenvalue weighted by Crippen LogP contribution is -2.25. The minimum Gasteiger partial charge on any atom is -0.508 e. The molecular formula is C20H21F3O4S. The first-order chi connectivity index (χ1) is 12.6. The smallest absolute Gasteiger partial charge is 0.508 e. The van der Waals surface area contributed by atoms with E-state index in [9.17, 15) is 26.7 Å². The average Bonchev–Trinajstić information content (AvgIpc) is 2.73. The minimum atomic E-state index is -5.84. The molecule has 1 N–H and O–H groups in total. The highest BCUT2D eigenvalue weighted by molar-refractivity contribution is 7.87. The van der Waals surface area contributed by atoms with Gasteiger partial charge in [-0.3, -0.25) is 0 Å². The summed E-state index contributed by atoms with van der Waals surface area (Å²) in [5.74, 6) is -0.389. The second kappa shape index (κ2) is 7.87. The van der Waals surface area contributed by atoms with Crippen LogP contribution in [0.2, 0.25) is 0 Å². The van der Waals surface area contributed by atoms with E-state index < -0.39 is 15.6 Å². The van der Waals surface area contributed by atoms with E-state index in [0.717, 1.165) is 5.56 Å². The van der Waals surface area contributed by atoms with Crippen LogP contribution in [0.4, 0.5) is 13.2 Å². The lowest BCUT2D eigenvalue weighted by atomic mass is 9.95. The summed E-state index contributed by atoms with van der Waals surface area (Å²) < 4.78 is 67.0. The van der Waals surface area contributed by atoms with Crippen molar-refractivity contribution in [3.05, 3.63) is 64.7 Å². The number of hydrogen-bond donors (Lipinski definition) is 1. The van der Waals surface area contributed by atoms with Crippen molar-refractivity contribution < 1.29 is 30.9 Å². The molecule has 0 bridgehead atoms. The van der Waals surface area contributed by atoms with Gasteiger partial charge in [0.1, 0.15) is 5.75 Å². The van der Waals surface area contributed by atoms with Crippen LogP contribution in [-0.4, -0.2) is 19.0 Å². The fraction of sp³-hybridized carbons (Fsp3) is 0.300. The van der Waals surface area contributed by atoms with Crippen molar-refractivity contribution in [3.8, 4) is 5.75 Å². The van der Waals surface area contributed by atoms with Gasteiger partial charge in [-0.2, -0.15) is 21.6 Å². The first-order valence-corrected chi connectivity index (χ1v) is 9.63. The van der Waals surface area contributed by atoms with Crippen LogP contribution in [0.3, 0.4) is 0 Å². The number of aromatic hydroxyl groups is 1. The number of fused-ring (bicyclic) bond motifs is 1. The van der Waals surface area contributed by atoms with Crippen molar-refractivity contribution in [1.29, 1.82) is 0 Å². The lowest BCUT2D eigenvalue weighted by molar-refractivity contribution is -0.0509. The highest BCUT2D eigenvalue weighted by atomic mass is 32.2. The molecule has 0 aromatic heterocycles. The van der Waals surface area contributed by atoms with Gasteiger partial charge in [0.05, 0.1) is 0 Å². The summed E-state index contributed by atoms with van der Waals surface area (Å²) in [5, 5.41) is 9.70. The van der Waals surface area contributed by atoms with E-state index in [1.165, 1.54) is 18.2 Å². The predicted molar refractivity (Wildman–Crippen MR) is 102 cm³/mol.